The number of nitrogens with one attached hydrogen (secondary N) is 1. The highest BCUT2D eigenvalue weighted by Gasteiger charge is 2.40. The lowest BCUT2D eigenvalue weighted by molar-refractivity contribution is -0.174. The molecule has 1 amide bonds. The van der Waals surface area contributed by atoms with Crippen LogP contribution in [0.3, 0.4) is 0 Å². The summed E-state index contributed by atoms with van der Waals surface area (Å²) in [6, 6.07) is 14.4. The van der Waals surface area contributed by atoms with Gasteiger partial charge in [-0.15, -0.1) is 0 Å². The maximum absolute atomic E-state index is 12.5. The number of alkyl halides is 3. The predicted octanol–water partition coefficient (Wildman–Crippen LogP) is 4.22. The summed E-state index contributed by atoms with van der Waals surface area (Å²) in [5.41, 5.74) is 1.15. The highest BCUT2D eigenvalue weighted by atomic mass is 79.9. The number of amides is 1. The third kappa shape index (κ3) is 4.07. The van der Waals surface area contributed by atoms with Crippen molar-refractivity contribution in [2.75, 3.05) is 0 Å². The second-order valence-corrected chi connectivity index (χ2v) is 5.28. The lowest BCUT2D eigenvalue weighted by atomic mass is 9.99. The minimum absolute atomic E-state index is 0.571. The first-order chi connectivity index (χ1) is 9.88. The molecule has 0 aliphatic heterocycles. The summed E-state index contributed by atoms with van der Waals surface area (Å²) in [7, 11) is 0. The first-order valence-corrected chi connectivity index (χ1v) is 6.85. The highest BCUT2D eigenvalue weighted by molar-refractivity contribution is 9.10. The molecule has 1 unspecified atom stereocenters. The molecule has 110 valence electrons. The van der Waals surface area contributed by atoms with Gasteiger partial charge in [0.05, 0.1) is 6.04 Å². The van der Waals surface area contributed by atoms with Crippen molar-refractivity contribution < 1.29 is 18.0 Å². The van der Waals surface area contributed by atoms with E-state index in [-0.39, 0.29) is 0 Å². The van der Waals surface area contributed by atoms with Crippen molar-refractivity contribution >= 4 is 21.8 Å². The molecule has 2 nitrogen and oxygen atoms in total. The zero-order valence-electron chi connectivity index (χ0n) is 10.7. The van der Waals surface area contributed by atoms with E-state index in [0.717, 1.165) is 4.47 Å². The van der Waals surface area contributed by atoms with Crippen LogP contribution in [0.2, 0.25) is 0 Å². The molecular weight excluding hydrogens is 347 g/mol. The molecule has 0 bridgehead atoms. The molecule has 0 radical (unpaired) electrons. The van der Waals surface area contributed by atoms with Crippen LogP contribution in [0.1, 0.15) is 17.2 Å². The van der Waals surface area contributed by atoms with Gasteiger partial charge in [-0.05, 0) is 23.3 Å². The smallest absolute Gasteiger partial charge is 0.337 e. The van der Waals surface area contributed by atoms with Gasteiger partial charge in [0, 0.05) is 4.47 Å². The van der Waals surface area contributed by atoms with Crippen molar-refractivity contribution in [3.8, 4) is 0 Å². The van der Waals surface area contributed by atoms with Gasteiger partial charge in [-0.25, -0.2) is 0 Å². The standard InChI is InChI=1S/C15H11BrF3NO/c16-12-8-6-11(7-9-12)13(10-4-2-1-3-5-10)20-14(21)15(17,18)19/h1-9,13H,(H,20,21). The number of hydrogen-bond acceptors (Lipinski definition) is 1. The second-order valence-electron chi connectivity index (χ2n) is 4.37. The van der Waals surface area contributed by atoms with Crippen molar-refractivity contribution in [3.63, 3.8) is 0 Å². The first-order valence-electron chi connectivity index (χ1n) is 6.06. The molecule has 6 heteroatoms. The predicted molar refractivity (Wildman–Crippen MR) is 76.6 cm³/mol. The van der Waals surface area contributed by atoms with Crippen molar-refractivity contribution in [1.82, 2.24) is 5.32 Å². The Labute approximate surface area is 128 Å². The lowest BCUT2D eigenvalue weighted by Crippen LogP contribution is -2.39. The number of carbonyl (C=O) groups excluding carboxylic acids is 1. The maximum atomic E-state index is 12.5. The Morgan fingerprint density at radius 2 is 1.48 bits per heavy atom. The van der Waals surface area contributed by atoms with Crippen LogP contribution < -0.4 is 5.32 Å². The summed E-state index contributed by atoms with van der Waals surface area (Å²) in [5.74, 6) is -1.96. The summed E-state index contributed by atoms with van der Waals surface area (Å²) < 4.78 is 38.3. The zero-order valence-corrected chi connectivity index (χ0v) is 12.3. The zero-order chi connectivity index (χ0) is 15.5. The minimum atomic E-state index is -4.91. The van der Waals surface area contributed by atoms with Crippen molar-refractivity contribution in [2.24, 2.45) is 0 Å². The number of rotatable bonds is 3. The average Bonchev–Trinajstić information content (AvgIpc) is 2.45. The Kier molecular flexibility index (Phi) is 4.67. The van der Waals surface area contributed by atoms with E-state index in [1.54, 1.807) is 54.6 Å². The van der Waals surface area contributed by atoms with Crippen LogP contribution in [0.15, 0.2) is 59.1 Å². The number of benzene rings is 2. The summed E-state index contributed by atoms with van der Waals surface area (Å²) in [4.78, 5) is 11.2. The van der Waals surface area contributed by atoms with Gasteiger partial charge in [0.25, 0.3) is 0 Å². The van der Waals surface area contributed by atoms with Crippen LogP contribution in [0.4, 0.5) is 13.2 Å². The van der Waals surface area contributed by atoms with Crippen molar-refractivity contribution in [2.45, 2.75) is 12.2 Å². The van der Waals surface area contributed by atoms with Crippen LogP contribution in [-0.4, -0.2) is 12.1 Å². The molecule has 1 N–H and O–H groups in total. The monoisotopic (exact) mass is 357 g/mol. The van der Waals surface area contributed by atoms with E-state index in [1.165, 1.54) is 0 Å². The number of carbonyl (C=O) groups is 1. The molecular formula is C15H11BrF3NO. The van der Waals surface area contributed by atoms with Gasteiger partial charge in [-0.3, -0.25) is 4.79 Å². The molecule has 2 aromatic carbocycles. The van der Waals surface area contributed by atoms with Gasteiger partial charge in [0.15, 0.2) is 0 Å². The van der Waals surface area contributed by atoms with E-state index in [9.17, 15) is 18.0 Å². The third-order valence-corrected chi connectivity index (χ3v) is 3.40. The summed E-state index contributed by atoms with van der Waals surface area (Å²) >= 11 is 3.27. The molecule has 0 fully saturated rings. The summed E-state index contributed by atoms with van der Waals surface area (Å²) in [5, 5.41) is 2.03. The Balaban J connectivity index is 2.36. The Bertz CT molecular complexity index is 611. The normalized spacial score (nSPS) is 12.8. The van der Waals surface area contributed by atoms with Gasteiger partial charge in [-0.2, -0.15) is 13.2 Å². The fraction of sp³-hybridized carbons (Fsp3) is 0.133. The molecule has 0 spiro atoms. The second kappa shape index (κ2) is 6.30. The molecule has 21 heavy (non-hydrogen) atoms. The van der Waals surface area contributed by atoms with E-state index in [4.69, 9.17) is 0 Å². The van der Waals surface area contributed by atoms with Gasteiger partial charge in [0.2, 0.25) is 0 Å². The quantitative estimate of drug-likeness (QED) is 0.875. The van der Waals surface area contributed by atoms with Gasteiger partial charge in [-0.1, -0.05) is 58.4 Å². The van der Waals surface area contributed by atoms with E-state index < -0.39 is 18.1 Å². The molecule has 1 atom stereocenters. The third-order valence-electron chi connectivity index (χ3n) is 2.87. The van der Waals surface area contributed by atoms with Crippen molar-refractivity contribution in [3.05, 3.63) is 70.2 Å². The van der Waals surface area contributed by atoms with E-state index in [2.05, 4.69) is 15.9 Å². The molecule has 2 aromatic rings. The molecule has 0 aromatic heterocycles. The lowest BCUT2D eigenvalue weighted by Gasteiger charge is -2.20. The SMILES string of the molecule is O=C(NC(c1ccccc1)c1ccc(Br)cc1)C(F)(F)F. The van der Waals surface area contributed by atoms with Crippen LogP contribution in [-0.2, 0) is 4.79 Å². The van der Waals surface area contributed by atoms with E-state index >= 15 is 0 Å². The van der Waals surface area contributed by atoms with Crippen LogP contribution in [0, 0.1) is 0 Å². The summed E-state index contributed by atoms with van der Waals surface area (Å²) in [6.45, 7) is 0. The molecule has 2 rings (SSSR count). The van der Waals surface area contributed by atoms with E-state index in [0.29, 0.717) is 11.1 Å². The van der Waals surface area contributed by atoms with Gasteiger partial charge >= 0.3 is 12.1 Å². The topological polar surface area (TPSA) is 29.1 Å². The van der Waals surface area contributed by atoms with Gasteiger partial charge < -0.3 is 5.32 Å². The van der Waals surface area contributed by atoms with Crippen molar-refractivity contribution in [1.29, 1.82) is 0 Å². The fourth-order valence-electron chi connectivity index (χ4n) is 1.87. The Morgan fingerprint density at radius 3 is 2.00 bits per heavy atom. The molecule has 0 aliphatic carbocycles. The minimum Gasteiger partial charge on any atom is -0.337 e. The Hall–Kier alpha value is -1.82. The summed E-state index contributed by atoms with van der Waals surface area (Å²) in [6.07, 6.45) is -4.91. The highest BCUT2D eigenvalue weighted by Crippen LogP contribution is 2.25. The first kappa shape index (κ1) is 15.6. The fourth-order valence-corrected chi connectivity index (χ4v) is 2.14. The molecule has 0 aliphatic rings. The molecule has 0 saturated heterocycles. The molecule has 0 heterocycles. The maximum Gasteiger partial charge on any atom is 0.471 e. The van der Waals surface area contributed by atoms with Gasteiger partial charge in [0.1, 0.15) is 0 Å². The average molecular weight is 358 g/mol. The van der Waals surface area contributed by atoms with Crippen LogP contribution in [0.5, 0.6) is 0 Å². The molecule has 0 saturated carbocycles. The Morgan fingerprint density at radius 1 is 0.952 bits per heavy atom. The van der Waals surface area contributed by atoms with Crippen LogP contribution >= 0.6 is 15.9 Å². The number of halogens is 4. The van der Waals surface area contributed by atoms with E-state index in [1.807, 2.05) is 5.32 Å². The number of hydrogen-bond donors (Lipinski definition) is 1. The van der Waals surface area contributed by atoms with Crippen LogP contribution in [0.25, 0.3) is 0 Å². The largest absolute Gasteiger partial charge is 0.471 e.